The average molecular weight is 272 g/mol. The Morgan fingerprint density at radius 1 is 1.22 bits per heavy atom. The summed E-state index contributed by atoms with van der Waals surface area (Å²) in [4.78, 5) is 10.6. The summed E-state index contributed by atoms with van der Waals surface area (Å²) in [5.41, 5.74) is 0. The van der Waals surface area contributed by atoms with Crippen LogP contribution in [-0.2, 0) is 19.1 Å². The van der Waals surface area contributed by atoms with Crippen molar-refractivity contribution in [1.82, 2.24) is 0 Å². The van der Waals surface area contributed by atoms with Gasteiger partial charge in [-0.25, -0.2) is 0 Å². The normalized spacial score (nSPS) is 11.0. The Bertz CT molecular complexity index is 490. The zero-order valence-electron chi connectivity index (χ0n) is 10.4. The highest BCUT2D eigenvalue weighted by atomic mass is 32.2. The topological polar surface area (TPSA) is 69.7 Å². The second-order valence-electron chi connectivity index (χ2n) is 3.70. The first-order valence-electron chi connectivity index (χ1n) is 5.63. The van der Waals surface area contributed by atoms with E-state index in [0.717, 1.165) is 19.8 Å². The lowest BCUT2D eigenvalue weighted by Gasteiger charge is -2.06. The lowest BCUT2D eigenvalue weighted by Crippen LogP contribution is -2.10. The van der Waals surface area contributed by atoms with Crippen molar-refractivity contribution in [3.05, 3.63) is 24.3 Å². The highest BCUT2D eigenvalue weighted by Crippen LogP contribution is 2.18. The summed E-state index contributed by atoms with van der Waals surface area (Å²) in [6.07, 6.45) is 1.96. The summed E-state index contributed by atoms with van der Waals surface area (Å²) in [5, 5.41) is 0. The molecule has 0 spiro atoms. The van der Waals surface area contributed by atoms with Crippen LogP contribution in [0.2, 0.25) is 0 Å². The fourth-order valence-corrected chi connectivity index (χ4v) is 2.11. The van der Waals surface area contributed by atoms with Crippen molar-refractivity contribution in [3.63, 3.8) is 0 Å². The molecule has 0 fully saturated rings. The molecule has 0 amide bonds. The van der Waals surface area contributed by atoms with Gasteiger partial charge in [0, 0.05) is 6.92 Å². The van der Waals surface area contributed by atoms with E-state index in [9.17, 15) is 13.2 Å². The van der Waals surface area contributed by atoms with Crippen LogP contribution in [0.4, 0.5) is 0 Å². The number of benzene rings is 1. The van der Waals surface area contributed by atoms with Crippen LogP contribution in [0.5, 0.6) is 5.75 Å². The molecular formula is C12H16O5S. The number of carbonyl (C=O) groups excluding carboxylic acids is 1. The minimum absolute atomic E-state index is 0.0689. The monoisotopic (exact) mass is 272 g/mol. The molecule has 0 aliphatic rings. The standard InChI is InChI=1S/C12H16O5S/c1-3-4-9-16-11-5-7-12(8-6-11)18(14,15)17-10(2)13/h5-8H,3-4,9H2,1-2H3. The molecule has 0 N–H and O–H groups in total. The Labute approximate surface area is 107 Å². The van der Waals surface area contributed by atoms with Gasteiger partial charge < -0.3 is 8.92 Å². The number of hydrogen-bond donors (Lipinski definition) is 0. The summed E-state index contributed by atoms with van der Waals surface area (Å²) in [6, 6.07) is 5.76. The molecule has 1 aromatic rings. The smallest absolute Gasteiger partial charge is 0.341 e. The van der Waals surface area contributed by atoms with E-state index >= 15 is 0 Å². The van der Waals surface area contributed by atoms with Gasteiger partial charge in [0.05, 0.1) is 6.61 Å². The van der Waals surface area contributed by atoms with Crippen molar-refractivity contribution in [2.45, 2.75) is 31.6 Å². The molecule has 6 heteroatoms. The maximum Gasteiger partial charge on any atom is 0.341 e. The second-order valence-corrected chi connectivity index (χ2v) is 5.25. The van der Waals surface area contributed by atoms with Crippen molar-refractivity contribution >= 4 is 16.1 Å². The fourth-order valence-electron chi connectivity index (χ4n) is 1.24. The number of rotatable bonds is 6. The van der Waals surface area contributed by atoms with Crippen LogP contribution in [0.1, 0.15) is 26.7 Å². The van der Waals surface area contributed by atoms with Crippen molar-refractivity contribution in [3.8, 4) is 5.75 Å². The molecule has 100 valence electrons. The number of ether oxygens (including phenoxy) is 1. The lowest BCUT2D eigenvalue weighted by molar-refractivity contribution is -0.131. The summed E-state index contributed by atoms with van der Waals surface area (Å²) < 4.78 is 32.7. The predicted molar refractivity (Wildman–Crippen MR) is 65.8 cm³/mol. The third-order valence-electron chi connectivity index (χ3n) is 2.11. The Morgan fingerprint density at radius 2 is 1.83 bits per heavy atom. The van der Waals surface area contributed by atoms with Crippen LogP contribution < -0.4 is 4.74 Å². The van der Waals surface area contributed by atoms with Crippen LogP contribution in [0.15, 0.2) is 29.2 Å². The molecule has 1 rings (SSSR count). The highest BCUT2D eigenvalue weighted by Gasteiger charge is 2.17. The van der Waals surface area contributed by atoms with E-state index in [2.05, 4.69) is 11.1 Å². The first-order valence-corrected chi connectivity index (χ1v) is 7.04. The Balaban J connectivity index is 2.73. The van der Waals surface area contributed by atoms with Gasteiger partial charge in [0.15, 0.2) is 0 Å². The molecule has 0 aliphatic heterocycles. The molecule has 0 aromatic heterocycles. The van der Waals surface area contributed by atoms with Gasteiger partial charge in [-0.3, -0.25) is 4.79 Å². The third-order valence-corrected chi connectivity index (χ3v) is 3.41. The predicted octanol–water partition coefficient (Wildman–Crippen LogP) is 2.12. The van der Waals surface area contributed by atoms with Crippen molar-refractivity contribution in [1.29, 1.82) is 0 Å². The SMILES string of the molecule is CCCCOc1ccc(S(=O)(=O)OC(C)=O)cc1. The minimum Gasteiger partial charge on any atom is -0.494 e. The van der Waals surface area contributed by atoms with Crippen LogP contribution >= 0.6 is 0 Å². The maximum absolute atomic E-state index is 11.5. The quantitative estimate of drug-likeness (QED) is 0.586. The van der Waals surface area contributed by atoms with Crippen molar-refractivity contribution in [2.75, 3.05) is 6.61 Å². The van der Waals surface area contributed by atoms with Crippen molar-refractivity contribution < 1.29 is 22.1 Å². The molecule has 1 aromatic carbocycles. The fraction of sp³-hybridized carbons (Fsp3) is 0.417. The largest absolute Gasteiger partial charge is 0.494 e. The van der Waals surface area contributed by atoms with Crippen molar-refractivity contribution in [2.24, 2.45) is 0 Å². The van der Waals surface area contributed by atoms with Crippen LogP contribution in [0.25, 0.3) is 0 Å². The molecule has 18 heavy (non-hydrogen) atoms. The molecule has 0 saturated carbocycles. The van der Waals surface area contributed by atoms with Gasteiger partial charge in [-0.2, -0.15) is 8.42 Å². The Hall–Kier alpha value is -1.56. The van der Waals surface area contributed by atoms with Gasteiger partial charge in [-0.1, -0.05) is 13.3 Å². The summed E-state index contributed by atoms with van der Waals surface area (Å²) in [5.74, 6) is -0.275. The van der Waals surface area contributed by atoms with E-state index in [1.54, 1.807) is 0 Å². The second kappa shape index (κ2) is 6.39. The molecule has 0 radical (unpaired) electrons. The summed E-state index contributed by atoms with van der Waals surface area (Å²) in [7, 11) is -4.01. The van der Waals surface area contributed by atoms with E-state index in [1.807, 2.05) is 0 Å². The lowest BCUT2D eigenvalue weighted by atomic mass is 10.3. The number of carbonyl (C=O) groups is 1. The summed E-state index contributed by atoms with van der Waals surface area (Å²) >= 11 is 0. The third kappa shape index (κ3) is 4.37. The average Bonchev–Trinajstić information content (AvgIpc) is 2.28. The van der Waals surface area contributed by atoms with Crippen LogP contribution in [-0.4, -0.2) is 21.0 Å². The van der Waals surface area contributed by atoms with E-state index in [4.69, 9.17) is 4.74 Å². The van der Waals surface area contributed by atoms with E-state index in [-0.39, 0.29) is 4.90 Å². The zero-order valence-corrected chi connectivity index (χ0v) is 11.2. The van der Waals surface area contributed by atoms with E-state index in [0.29, 0.717) is 12.4 Å². The Morgan fingerprint density at radius 3 is 2.33 bits per heavy atom. The van der Waals surface area contributed by atoms with E-state index in [1.165, 1.54) is 24.3 Å². The number of unbranched alkanes of at least 4 members (excludes halogenated alkanes) is 1. The molecule has 0 aliphatic carbocycles. The summed E-state index contributed by atoms with van der Waals surface area (Å²) in [6.45, 7) is 3.68. The van der Waals surface area contributed by atoms with E-state index < -0.39 is 16.1 Å². The molecule has 0 atom stereocenters. The molecular weight excluding hydrogens is 256 g/mol. The van der Waals surface area contributed by atoms with Gasteiger partial charge in [0.1, 0.15) is 10.6 Å². The Kier molecular flexibility index (Phi) is 5.15. The van der Waals surface area contributed by atoms with Gasteiger partial charge in [-0.15, -0.1) is 0 Å². The van der Waals surface area contributed by atoms with Gasteiger partial charge >= 0.3 is 16.1 Å². The van der Waals surface area contributed by atoms with Gasteiger partial charge in [-0.05, 0) is 30.7 Å². The minimum atomic E-state index is -4.01. The van der Waals surface area contributed by atoms with Crippen LogP contribution in [0.3, 0.4) is 0 Å². The highest BCUT2D eigenvalue weighted by molar-refractivity contribution is 7.87. The molecule has 0 saturated heterocycles. The first-order chi connectivity index (χ1) is 8.45. The zero-order chi connectivity index (χ0) is 13.6. The molecule has 0 unspecified atom stereocenters. The van der Waals surface area contributed by atoms with Gasteiger partial charge in [0.2, 0.25) is 0 Å². The first kappa shape index (κ1) is 14.5. The van der Waals surface area contributed by atoms with Gasteiger partial charge in [0.25, 0.3) is 0 Å². The molecule has 0 heterocycles. The number of hydrogen-bond acceptors (Lipinski definition) is 5. The molecule has 0 bridgehead atoms. The maximum atomic E-state index is 11.5. The molecule has 5 nitrogen and oxygen atoms in total. The van der Waals surface area contributed by atoms with Crippen LogP contribution in [0, 0.1) is 0 Å².